The fourth-order valence-electron chi connectivity index (χ4n) is 2.53. The number of hydrogen-bond donors (Lipinski definition) is 1. The summed E-state index contributed by atoms with van der Waals surface area (Å²) >= 11 is 6.98. The van der Waals surface area contributed by atoms with Crippen LogP contribution in [0.2, 0.25) is 0 Å². The molecule has 1 aliphatic carbocycles. The van der Waals surface area contributed by atoms with Crippen molar-refractivity contribution in [3.05, 3.63) is 41.7 Å². The third-order valence-electron chi connectivity index (χ3n) is 3.51. The van der Waals surface area contributed by atoms with Crippen molar-refractivity contribution in [1.29, 1.82) is 0 Å². The molecule has 0 fully saturated rings. The number of aliphatic hydroxyl groups is 1. The van der Waals surface area contributed by atoms with Crippen LogP contribution in [0.4, 0.5) is 0 Å². The lowest BCUT2D eigenvalue weighted by atomic mass is 9.98. The van der Waals surface area contributed by atoms with E-state index < -0.39 is 6.10 Å². The molecule has 1 aliphatic rings. The minimum Gasteiger partial charge on any atom is -0.383 e. The lowest BCUT2D eigenvalue weighted by Crippen LogP contribution is -1.97. The molecule has 2 aromatic rings. The van der Waals surface area contributed by atoms with Gasteiger partial charge in [-0.15, -0.1) is 22.7 Å². The molecule has 0 radical (unpaired) electrons. The third-order valence-corrected chi connectivity index (χ3v) is 6.36. The highest BCUT2D eigenvalue weighted by Crippen LogP contribution is 2.38. The number of rotatable bonds is 2. The lowest BCUT2D eigenvalue weighted by Gasteiger charge is -2.08. The molecule has 4 heteroatoms. The van der Waals surface area contributed by atoms with E-state index >= 15 is 0 Å². The Morgan fingerprint density at radius 1 is 1.22 bits per heavy atom. The van der Waals surface area contributed by atoms with Crippen molar-refractivity contribution in [1.82, 2.24) is 0 Å². The van der Waals surface area contributed by atoms with Gasteiger partial charge in [0.15, 0.2) is 0 Å². The monoisotopic (exact) mass is 342 g/mol. The van der Waals surface area contributed by atoms with E-state index in [9.17, 15) is 5.11 Å². The standard InChI is InChI=1S/C14H15BrOS2/c1-8-10(7-13(15)17-8)14(16)12-6-9-4-2-3-5-11(9)18-12/h6-7,14,16H,2-5H2,1H3. The molecule has 3 rings (SSSR count). The lowest BCUT2D eigenvalue weighted by molar-refractivity contribution is 0.224. The number of hydrogen-bond acceptors (Lipinski definition) is 3. The average molecular weight is 343 g/mol. The highest BCUT2D eigenvalue weighted by atomic mass is 79.9. The van der Waals surface area contributed by atoms with Gasteiger partial charge in [-0.2, -0.15) is 0 Å². The minimum atomic E-state index is -0.455. The van der Waals surface area contributed by atoms with Crippen LogP contribution in [0, 0.1) is 6.92 Å². The molecular formula is C14H15BrOS2. The molecule has 0 bridgehead atoms. The number of thiophene rings is 2. The SMILES string of the molecule is Cc1sc(Br)cc1C(O)c1cc2c(s1)CCCC2. The predicted octanol–water partition coefficient (Wildman–Crippen LogP) is 4.84. The van der Waals surface area contributed by atoms with E-state index in [0.717, 1.165) is 14.2 Å². The quantitative estimate of drug-likeness (QED) is 0.827. The molecule has 2 heterocycles. The molecule has 18 heavy (non-hydrogen) atoms. The van der Waals surface area contributed by atoms with Crippen LogP contribution in [0.25, 0.3) is 0 Å². The second-order valence-corrected chi connectivity index (χ2v) is 8.57. The zero-order valence-electron chi connectivity index (χ0n) is 10.2. The van der Waals surface area contributed by atoms with E-state index in [0.29, 0.717) is 0 Å². The predicted molar refractivity (Wildman–Crippen MR) is 81.8 cm³/mol. The molecule has 1 nitrogen and oxygen atoms in total. The maximum absolute atomic E-state index is 10.5. The second-order valence-electron chi connectivity index (χ2n) is 4.77. The van der Waals surface area contributed by atoms with Gasteiger partial charge >= 0.3 is 0 Å². The van der Waals surface area contributed by atoms with Gasteiger partial charge in [-0.1, -0.05) is 0 Å². The summed E-state index contributed by atoms with van der Waals surface area (Å²) in [7, 11) is 0. The van der Waals surface area contributed by atoms with Crippen molar-refractivity contribution in [2.45, 2.75) is 38.7 Å². The van der Waals surface area contributed by atoms with Crippen molar-refractivity contribution in [3.8, 4) is 0 Å². The number of aliphatic hydroxyl groups excluding tert-OH is 1. The Morgan fingerprint density at radius 3 is 2.67 bits per heavy atom. The van der Waals surface area contributed by atoms with Gasteiger partial charge in [-0.3, -0.25) is 0 Å². The highest BCUT2D eigenvalue weighted by Gasteiger charge is 2.21. The van der Waals surface area contributed by atoms with Crippen molar-refractivity contribution < 1.29 is 5.11 Å². The van der Waals surface area contributed by atoms with Gasteiger partial charge < -0.3 is 5.11 Å². The van der Waals surface area contributed by atoms with Crippen molar-refractivity contribution in [3.63, 3.8) is 0 Å². The fraction of sp³-hybridized carbons (Fsp3) is 0.429. The minimum absolute atomic E-state index is 0.455. The van der Waals surface area contributed by atoms with Gasteiger partial charge in [0.1, 0.15) is 6.10 Å². The largest absolute Gasteiger partial charge is 0.383 e. The molecule has 0 spiro atoms. The summed E-state index contributed by atoms with van der Waals surface area (Å²) in [5.74, 6) is 0. The first-order chi connectivity index (χ1) is 8.65. The van der Waals surface area contributed by atoms with Gasteiger partial charge in [0.2, 0.25) is 0 Å². The van der Waals surface area contributed by atoms with Crippen LogP contribution in [0.5, 0.6) is 0 Å². The first-order valence-corrected chi connectivity index (χ1v) is 8.63. The number of aryl methyl sites for hydroxylation is 3. The van der Waals surface area contributed by atoms with Gasteiger partial charge in [-0.25, -0.2) is 0 Å². The molecule has 1 unspecified atom stereocenters. The Morgan fingerprint density at radius 2 is 2.00 bits per heavy atom. The molecule has 0 saturated carbocycles. The van der Waals surface area contributed by atoms with Crippen LogP contribution in [0.3, 0.4) is 0 Å². The second kappa shape index (κ2) is 5.08. The summed E-state index contributed by atoms with van der Waals surface area (Å²) in [6.07, 6.45) is 4.52. The van der Waals surface area contributed by atoms with E-state index in [1.807, 2.05) is 6.07 Å². The van der Waals surface area contributed by atoms with Crippen molar-refractivity contribution >= 4 is 38.6 Å². The van der Waals surface area contributed by atoms with Crippen LogP contribution < -0.4 is 0 Å². The van der Waals surface area contributed by atoms with Gasteiger partial charge in [0.05, 0.1) is 3.79 Å². The molecule has 1 N–H and O–H groups in total. The normalized spacial score (nSPS) is 16.6. The highest BCUT2D eigenvalue weighted by molar-refractivity contribution is 9.11. The molecule has 96 valence electrons. The molecule has 0 aliphatic heterocycles. The molecule has 2 aromatic heterocycles. The topological polar surface area (TPSA) is 20.2 Å². The Labute approximate surface area is 124 Å². The van der Waals surface area contributed by atoms with E-state index in [1.165, 1.54) is 41.0 Å². The van der Waals surface area contributed by atoms with Crippen molar-refractivity contribution in [2.75, 3.05) is 0 Å². The van der Waals surface area contributed by atoms with Gasteiger partial charge in [0, 0.05) is 20.2 Å². The smallest absolute Gasteiger partial charge is 0.114 e. The number of halogens is 1. The zero-order chi connectivity index (χ0) is 12.7. The molecule has 0 amide bonds. The first-order valence-electron chi connectivity index (χ1n) is 6.20. The fourth-order valence-corrected chi connectivity index (χ4v) is 5.54. The van der Waals surface area contributed by atoms with E-state index in [2.05, 4.69) is 28.9 Å². The summed E-state index contributed by atoms with van der Waals surface area (Å²) in [4.78, 5) is 3.79. The maximum Gasteiger partial charge on any atom is 0.114 e. The average Bonchev–Trinajstić information content (AvgIpc) is 2.91. The molecule has 1 atom stereocenters. The summed E-state index contributed by atoms with van der Waals surface area (Å²) in [6.45, 7) is 2.07. The van der Waals surface area contributed by atoms with Gasteiger partial charge in [-0.05, 0) is 66.2 Å². The first kappa shape index (κ1) is 12.9. The zero-order valence-corrected chi connectivity index (χ0v) is 13.4. The molecule has 0 saturated heterocycles. The summed E-state index contributed by atoms with van der Waals surface area (Å²) in [5.41, 5.74) is 2.51. The number of fused-ring (bicyclic) bond motifs is 1. The third kappa shape index (κ3) is 2.31. The van der Waals surface area contributed by atoms with Crippen LogP contribution in [-0.4, -0.2) is 5.11 Å². The summed E-state index contributed by atoms with van der Waals surface area (Å²) in [6, 6.07) is 4.26. The maximum atomic E-state index is 10.5. The Hall–Kier alpha value is -0.160. The van der Waals surface area contributed by atoms with Crippen LogP contribution >= 0.6 is 38.6 Å². The Kier molecular flexibility index (Phi) is 3.63. The van der Waals surface area contributed by atoms with Gasteiger partial charge in [0.25, 0.3) is 0 Å². The summed E-state index contributed by atoms with van der Waals surface area (Å²) in [5, 5.41) is 10.5. The van der Waals surface area contributed by atoms with E-state index in [4.69, 9.17) is 0 Å². The van der Waals surface area contributed by atoms with Crippen LogP contribution in [0.15, 0.2) is 15.9 Å². The van der Waals surface area contributed by atoms with Crippen LogP contribution in [0.1, 0.15) is 44.7 Å². The Bertz CT molecular complexity index is 547. The molecule has 0 aromatic carbocycles. The van der Waals surface area contributed by atoms with Crippen molar-refractivity contribution in [2.24, 2.45) is 0 Å². The van der Waals surface area contributed by atoms with E-state index in [-0.39, 0.29) is 0 Å². The Balaban J connectivity index is 1.94. The van der Waals surface area contributed by atoms with Crippen LogP contribution in [-0.2, 0) is 12.8 Å². The molecular weight excluding hydrogens is 328 g/mol. The summed E-state index contributed by atoms with van der Waals surface area (Å²) < 4.78 is 1.09. The van der Waals surface area contributed by atoms with E-state index in [1.54, 1.807) is 22.7 Å².